The van der Waals surface area contributed by atoms with Crippen molar-refractivity contribution in [3.8, 4) is 0 Å². The number of anilines is 2. The van der Waals surface area contributed by atoms with Crippen molar-refractivity contribution >= 4 is 17.3 Å². The Kier molecular flexibility index (Phi) is 4.36. The first-order valence-corrected chi connectivity index (χ1v) is 7.60. The van der Waals surface area contributed by atoms with Gasteiger partial charge < -0.3 is 11.1 Å². The van der Waals surface area contributed by atoms with E-state index < -0.39 is 0 Å². The lowest BCUT2D eigenvalue weighted by atomic mass is 9.77. The van der Waals surface area contributed by atoms with Crippen LogP contribution in [0, 0.1) is 18.3 Å². The smallest absolute Gasteiger partial charge is 0.230 e. The molecule has 1 saturated carbocycles. The Hall–Kier alpha value is -1.51. The molecule has 0 aromatic heterocycles. The van der Waals surface area contributed by atoms with Gasteiger partial charge in [-0.15, -0.1) is 0 Å². The van der Waals surface area contributed by atoms with E-state index in [0.717, 1.165) is 43.4 Å². The predicted octanol–water partition coefficient (Wildman–Crippen LogP) is 4.12. The van der Waals surface area contributed by atoms with Gasteiger partial charge >= 0.3 is 0 Å². The summed E-state index contributed by atoms with van der Waals surface area (Å²) in [4.78, 5) is 12.8. The summed E-state index contributed by atoms with van der Waals surface area (Å²) < 4.78 is 0. The summed E-state index contributed by atoms with van der Waals surface area (Å²) in [5.41, 5.74) is 8.25. The third-order valence-electron chi connectivity index (χ3n) is 4.35. The van der Waals surface area contributed by atoms with Crippen LogP contribution in [0.15, 0.2) is 18.2 Å². The van der Waals surface area contributed by atoms with Crippen molar-refractivity contribution in [2.24, 2.45) is 11.3 Å². The molecule has 1 fully saturated rings. The van der Waals surface area contributed by atoms with Crippen molar-refractivity contribution in [3.63, 3.8) is 0 Å². The van der Waals surface area contributed by atoms with Crippen LogP contribution in [-0.4, -0.2) is 5.91 Å². The molecule has 1 aromatic carbocycles. The van der Waals surface area contributed by atoms with E-state index in [2.05, 4.69) is 19.2 Å². The molecule has 0 radical (unpaired) electrons. The topological polar surface area (TPSA) is 55.1 Å². The fourth-order valence-corrected chi connectivity index (χ4v) is 3.39. The molecule has 110 valence electrons. The van der Waals surface area contributed by atoms with E-state index in [-0.39, 0.29) is 11.3 Å². The molecule has 3 heteroatoms. The SMILES string of the molecule is Cc1ccc(N)cc1NC(=O)C1(CC(C)C)CCCC1. The lowest BCUT2D eigenvalue weighted by Gasteiger charge is -2.29. The molecule has 0 spiro atoms. The summed E-state index contributed by atoms with van der Waals surface area (Å²) >= 11 is 0. The maximum atomic E-state index is 12.8. The third kappa shape index (κ3) is 3.14. The molecule has 1 amide bonds. The molecule has 0 heterocycles. The molecule has 0 saturated heterocycles. The molecule has 2 rings (SSSR count). The number of aryl methyl sites for hydroxylation is 1. The molecule has 3 N–H and O–H groups in total. The fourth-order valence-electron chi connectivity index (χ4n) is 3.39. The van der Waals surface area contributed by atoms with Gasteiger partial charge in [0.15, 0.2) is 0 Å². The monoisotopic (exact) mass is 274 g/mol. The largest absolute Gasteiger partial charge is 0.399 e. The summed E-state index contributed by atoms with van der Waals surface area (Å²) in [6, 6.07) is 5.67. The normalized spacial score (nSPS) is 17.4. The van der Waals surface area contributed by atoms with Gasteiger partial charge in [0.25, 0.3) is 0 Å². The number of benzene rings is 1. The molecule has 0 aliphatic heterocycles. The van der Waals surface area contributed by atoms with Gasteiger partial charge in [-0.25, -0.2) is 0 Å². The highest BCUT2D eigenvalue weighted by Crippen LogP contribution is 2.44. The predicted molar refractivity (Wildman–Crippen MR) is 84.6 cm³/mol. The first-order chi connectivity index (χ1) is 9.43. The minimum absolute atomic E-state index is 0.175. The number of nitrogen functional groups attached to an aromatic ring is 1. The summed E-state index contributed by atoms with van der Waals surface area (Å²) in [5.74, 6) is 0.721. The van der Waals surface area contributed by atoms with Crippen LogP contribution in [-0.2, 0) is 4.79 Å². The van der Waals surface area contributed by atoms with Gasteiger partial charge in [0.2, 0.25) is 5.91 Å². The molecule has 1 aliphatic rings. The zero-order valence-corrected chi connectivity index (χ0v) is 12.8. The van der Waals surface area contributed by atoms with Crippen LogP contribution in [0.25, 0.3) is 0 Å². The van der Waals surface area contributed by atoms with E-state index in [1.807, 2.05) is 25.1 Å². The van der Waals surface area contributed by atoms with Crippen molar-refractivity contribution in [1.82, 2.24) is 0 Å². The van der Waals surface area contributed by atoms with E-state index in [1.165, 1.54) is 0 Å². The van der Waals surface area contributed by atoms with Gasteiger partial charge in [0.1, 0.15) is 0 Å². The van der Waals surface area contributed by atoms with Crippen molar-refractivity contribution in [3.05, 3.63) is 23.8 Å². The number of rotatable bonds is 4. The Bertz CT molecular complexity index is 488. The maximum absolute atomic E-state index is 12.8. The fraction of sp³-hybridized carbons (Fsp3) is 0.588. The molecule has 3 nitrogen and oxygen atoms in total. The number of hydrogen-bond donors (Lipinski definition) is 2. The number of carbonyl (C=O) groups excluding carboxylic acids is 1. The van der Waals surface area contributed by atoms with Crippen LogP contribution in [0.2, 0.25) is 0 Å². The molecule has 1 aliphatic carbocycles. The van der Waals surface area contributed by atoms with E-state index >= 15 is 0 Å². The van der Waals surface area contributed by atoms with E-state index in [4.69, 9.17) is 5.73 Å². The Morgan fingerprint density at radius 2 is 2.00 bits per heavy atom. The second kappa shape index (κ2) is 5.86. The summed E-state index contributed by atoms with van der Waals surface area (Å²) in [7, 11) is 0. The van der Waals surface area contributed by atoms with Crippen LogP contribution >= 0.6 is 0 Å². The Morgan fingerprint density at radius 1 is 1.35 bits per heavy atom. The quantitative estimate of drug-likeness (QED) is 0.811. The molecular formula is C17H26N2O. The summed E-state index contributed by atoms with van der Waals surface area (Å²) in [6.07, 6.45) is 5.32. The summed E-state index contributed by atoms with van der Waals surface area (Å²) in [6.45, 7) is 6.39. The number of nitrogens with one attached hydrogen (secondary N) is 1. The number of hydrogen-bond acceptors (Lipinski definition) is 2. The Labute approximate surface area is 121 Å². The van der Waals surface area contributed by atoms with Gasteiger partial charge in [-0.05, 0) is 49.8 Å². The van der Waals surface area contributed by atoms with Crippen LogP contribution in [0.4, 0.5) is 11.4 Å². The Morgan fingerprint density at radius 3 is 2.60 bits per heavy atom. The zero-order chi connectivity index (χ0) is 14.8. The Balaban J connectivity index is 2.18. The molecular weight excluding hydrogens is 248 g/mol. The van der Waals surface area contributed by atoms with E-state index in [0.29, 0.717) is 11.6 Å². The van der Waals surface area contributed by atoms with Crippen molar-refractivity contribution in [2.45, 2.75) is 52.9 Å². The minimum atomic E-state index is -0.175. The van der Waals surface area contributed by atoms with Gasteiger partial charge in [-0.1, -0.05) is 32.8 Å². The molecule has 0 atom stereocenters. The van der Waals surface area contributed by atoms with Crippen LogP contribution in [0.5, 0.6) is 0 Å². The summed E-state index contributed by atoms with van der Waals surface area (Å²) in [5, 5.41) is 3.12. The van der Waals surface area contributed by atoms with Gasteiger partial charge in [0, 0.05) is 16.8 Å². The van der Waals surface area contributed by atoms with Crippen molar-refractivity contribution in [1.29, 1.82) is 0 Å². The van der Waals surface area contributed by atoms with E-state index in [9.17, 15) is 4.79 Å². The highest BCUT2D eigenvalue weighted by molar-refractivity contribution is 5.96. The molecule has 20 heavy (non-hydrogen) atoms. The van der Waals surface area contributed by atoms with Gasteiger partial charge in [-0.3, -0.25) is 4.79 Å². The average molecular weight is 274 g/mol. The molecule has 0 bridgehead atoms. The van der Waals surface area contributed by atoms with Gasteiger partial charge in [0.05, 0.1) is 0 Å². The average Bonchev–Trinajstić information content (AvgIpc) is 2.82. The minimum Gasteiger partial charge on any atom is -0.399 e. The highest BCUT2D eigenvalue weighted by atomic mass is 16.2. The van der Waals surface area contributed by atoms with Crippen molar-refractivity contribution in [2.75, 3.05) is 11.1 Å². The number of carbonyl (C=O) groups is 1. The van der Waals surface area contributed by atoms with E-state index in [1.54, 1.807) is 0 Å². The molecule has 0 unspecified atom stereocenters. The van der Waals surface area contributed by atoms with Crippen LogP contribution < -0.4 is 11.1 Å². The lowest BCUT2D eigenvalue weighted by molar-refractivity contribution is -0.126. The molecule has 1 aromatic rings. The van der Waals surface area contributed by atoms with Crippen LogP contribution in [0.3, 0.4) is 0 Å². The van der Waals surface area contributed by atoms with Crippen molar-refractivity contribution < 1.29 is 4.79 Å². The zero-order valence-electron chi connectivity index (χ0n) is 12.8. The lowest BCUT2D eigenvalue weighted by Crippen LogP contribution is -2.35. The van der Waals surface area contributed by atoms with Crippen LogP contribution in [0.1, 0.15) is 51.5 Å². The first-order valence-electron chi connectivity index (χ1n) is 7.60. The van der Waals surface area contributed by atoms with Gasteiger partial charge in [-0.2, -0.15) is 0 Å². The highest BCUT2D eigenvalue weighted by Gasteiger charge is 2.41. The second-order valence-electron chi connectivity index (χ2n) is 6.61. The number of amides is 1. The third-order valence-corrected chi connectivity index (χ3v) is 4.35. The second-order valence-corrected chi connectivity index (χ2v) is 6.61. The maximum Gasteiger partial charge on any atom is 0.230 e. The number of nitrogens with two attached hydrogens (primary N) is 1. The standard InChI is InChI=1S/C17H26N2O/c1-12(2)11-17(8-4-5-9-17)16(20)19-15-10-14(18)7-6-13(15)3/h6-7,10,12H,4-5,8-9,11,18H2,1-3H3,(H,19,20). The first kappa shape index (κ1) is 14.9.